The molecule has 1 aromatic heterocycles. The molecule has 1 aliphatic carbocycles. The van der Waals surface area contributed by atoms with Crippen LogP contribution in [0.25, 0.3) is 0 Å². The maximum Gasteiger partial charge on any atom is 0.239 e. The van der Waals surface area contributed by atoms with Crippen LogP contribution in [0, 0.1) is 5.92 Å². The number of rotatable bonds is 8. The summed E-state index contributed by atoms with van der Waals surface area (Å²) in [5.74, 6) is 0.0335. The van der Waals surface area contributed by atoms with Crippen molar-refractivity contribution in [1.82, 2.24) is 20.1 Å². The number of nitrogens with one attached hydrogen (secondary N) is 1. The fraction of sp³-hybridized carbons (Fsp3) is 0.545. The fourth-order valence-corrected chi connectivity index (χ4v) is 5.23. The molecule has 2 fully saturated rings. The summed E-state index contributed by atoms with van der Waals surface area (Å²) in [7, 11) is 0. The number of aryl methyl sites for hydroxylation is 1. The highest BCUT2D eigenvalue weighted by Gasteiger charge is 2.37. The lowest BCUT2D eigenvalue weighted by Gasteiger charge is -2.17. The topological polar surface area (TPSA) is 80.1 Å². The van der Waals surface area contributed by atoms with Crippen molar-refractivity contribution in [3.8, 4) is 0 Å². The number of amides is 2. The van der Waals surface area contributed by atoms with Crippen LogP contribution < -0.4 is 10.2 Å². The van der Waals surface area contributed by atoms with Crippen LogP contribution >= 0.6 is 23.4 Å². The molecule has 0 spiro atoms. The molecule has 9 heteroatoms. The van der Waals surface area contributed by atoms with E-state index in [2.05, 4.69) is 20.1 Å². The summed E-state index contributed by atoms with van der Waals surface area (Å²) in [6, 6.07) is 7.62. The van der Waals surface area contributed by atoms with Gasteiger partial charge in [0, 0.05) is 36.3 Å². The van der Waals surface area contributed by atoms with Crippen molar-refractivity contribution in [3.05, 3.63) is 35.1 Å². The minimum atomic E-state index is -0.624. The predicted octanol–water partition coefficient (Wildman–Crippen LogP) is 3.87. The molecule has 2 aliphatic rings. The maximum absolute atomic E-state index is 12.7. The zero-order chi connectivity index (χ0) is 21.8. The number of aromatic nitrogens is 3. The van der Waals surface area contributed by atoms with Crippen molar-refractivity contribution in [2.24, 2.45) is 5.92 Å². The number of nitrogens with zero attached hydrogens (tertiary/aromatic N) is 4. The summed E-state index contributed by atoms with van der Waals surface area (Å²) in [4.78, 5) is 27.0. The third kappa shape index (κ3) is 4.90. The number of carbonyl (C=O) groups is 2. The molecule has 2 aromatic rings. The van der Waals surface area contributed by atoms with Gasteiger partial charge < -0.3 is 14.8 Å². The number of thioether (sulfide) groups is 1. The largest absolute Gasteiger partial charge is 0.355 e. The number of hydrogen-bond donors (Lipinski definition) is 1. The average Bonchev–Trinajstić information content (AvgIpc) is 3.51. The fourth-order valence-electron chi connectivity index (χ4n) is 4.53. The summed E-state index contributed by atoms with van der Waals surface area (Å²) in [5.41, 5.74) is 0.778. The van der Waals surface area contributed by atoms with Gasteiger partial charge in [-0.1, -0.05) is 36.2 Å². The molecule has 1 saturated heterocycles. The zero-order valence-corrected chi connectivity index (χ0v) is 19.3. The molecule has 1 aromatic carbocycles. The lowest BCUT2D eigenvalue weighted by molar-refractivity contribution is -0.132. The minimum Gasteiger partial charge on any atom is -0.355 e. The Morgan fingerprint density at radius 3 is 2.65 bits per heavy atom. The SMILES string of the molecule is CSc1nnc(CCCNC(=O)C2CCN(c3ccc(Cl)cc3)C2=O)n1C1CCCC1. The van der Waals surface area contributed by atoms with Crippen LogP contribution in [0.15, 0.2) is 29.4 Å². The van der Waals surface area contributed by atoms with Gasteiger partial charge in [-0.15, -0.1) is 10.2 Å². The quantitative estimate of drug-likeness (QED) is 0.366. The monoisotopic (exact) mass is 461 g/mol. The minimum absolute atomic E-state index is 0.148. The van der Waals surface area contributed by atoms with Gasteiger partial charge in [0.05, 0.1) is 0 Å². The van der Waals surface area contributed by atoms with Crippen molar-refractivity contribution in [2.75, 3.05) is 24.2 Å². The van der Waals surface area contributed by atoms with Gasteiger partial charge >= 0.3 is 0 Å². The third-order valence-corrected chi connectivity index (χ3v) is 7.04. The Balaban J connectivity index is 1.28. The van der Waals surface area contributed by atoms with Gasteiger partial charge in [0.15, 0.2) is 5.16 Å². The molecule has 1 aliphatic heterocycles. The second kappa shape index (κ2) is 10.0. The molecule has 1 atom stereocenters. The summed E-state index contributed by atoms with van der Waals surface area (Å²) >= 11 is 7.56. The molecule has 31 heavy (non-hydrogen) atoms. The van der Waals surface area contributed by atoms with Gasteiger partial charge in [0.25, 0.3) is 0 Å². The number of halogens is 1. The van der Waals surface area contributed by atoms with E-state index in [1.54, 1.807) is 28.8 Å². The molecule has 1 saturated carbocycles. The normalized spacial score (nSPS) is 19.4. The van der Waals surface area contributed by atoms with Gasteiger partial charge in [0.2, 0.25) is 11.8 Å². The summed E-state index contributed by atoms with van der Waals surface area (Å²) in [6.07, 6.45) is 8.98. The smallest absolute Gasteiger partial charge is 0.239 e. The lowest BCUT2D eigenvalue weighted by Crippen LogP contribution is -2.37. The van der Waals surface area contributed by atoms with Gasteiger partial charge in [-0.25, -0.2) is 0 Å². The van der Waals surface area contributed by atoms with E-state index >= 15 is 0 Å². The first-order valence-electron chi connectivity index (χ1n) is 10.9. The summed E-state index contributed by atoms with van der Waals surface area (Å²) in [5, 5.41) is 13.3. The second-order valence-electron chi connectivity index (χ2n) is 8.11. The second-order valence-corrected chi connectivity index (χ2v) is 9.32. The Bertz CT molecular complexity index is 926. The van der Waals surface area contributed by atoms with E-state index in [0.717, 1.165) is 29.5 Å². The Morgan fingerprint density at radius 1 is 1.19 bits per heavy atom. The van der Waals surface area contributed by atoms with Crippen molar-refractivity contribution in [1.29, 1.82) is 0 Å². The molecule has 2 heterocycles. The Labute approximate surface area is 191 Å². The molecule has 7 nitrogen and oxygen atoms in total. The lowest BCUT2D eigenvalue weighted by atomic mass is 10.1. The van der Waals surface area contributed by atoms with Gasteiger partial charge in [0.1, 0.15) is 11.7 Å². The molecule has 166 valence electrons. The molecule has 0 radical (unpaired) electrons. The number of hydrogen-bond acceptors (Lipinski definition) is 5. The van der Waals surface area contributed by atoms with E-state index in [4.69, 9.17) is 11.6 Å². The van der Waals surface area contributed by atoms with Crippen LogP contribution in [-0.4, -0.2) is 45.9 Å². The van der Waals surface area contributed by atoms with E-state index in [-0.39, 0.29) is 11.8 Å². The van der Waals surface area contributed by atoms with Gasteiger partial charge in [-0.3, -0.25) is 9.59 Å². The number of anilines is 1. The van der Waals surface area contributed by atoms with Crippen LogP contribution in [0.4, 0.5) is 5.69 Å². The highest BCUT2D eigenvalue weighted by atomic mass is 35.5. The first-order valence-corrected chi connectivity index (χ1v) is 12.5. The predicted molar refractivity (Wildman–Crippen MR) is 123 cm³/mol. The molecular weight excluding hydrogens is 434 g/mol. The highest BCUT2D eigenvalue weighted by molar-refractivity contribution is 7.98. The molecule has 1 N–H and O–H groups in total. The summed E-state index contributed by atoms with van der Waals surface area (Å²) < 4.78 is 2.30. The van der Waals surface area contributed by atoms with Crippen LogP contribution in [0.3, 0.4) is 0 Å². The molecule has 0 bridgehead atoms. The number of benzene rings is 1. The van der Waals surface area contributed by atoms with E-state index in [1.165, 1.54) is 25.7 Å². The van der Waals surface area contributed by atoms with Crippen LogP contribution in [-0.2, 0) is 16.0 Å². The molecule has 1 unspecified atom stereocenters. The highest BCUT2D eigenvalue weighted by Crippen LogP contribution is 2.33. The Morgan fingerprint density at radius 2 is 1.94 bits per heavy atom. The molecule has 4 rings (SSSR count). The molecular formula is C22H28ClN5O2S. The van der Waals surface area contributed by atoms with Gasteiger partial charge in [-0.05, 0) is 56.2 Å². The van der Waals surface area contributed by atoms with Crippen molar-refractivity contribution in [2.45, 2.75) is 56.1 Å². The van der Waals surface area contributed by atoms with Crippen molar-refractivity contribution < 1.29 is 9.59 Å². The van der Waals surface area contributed by atoms with Gasteiger partial charge in [-0.2, -0.15) is 0 Å². The standard InChI is InChI=1S/C22H28ClN5O2S/c1-31-22-26-25-19(28(22)17-5-2-3-6-17)7-4-13-24-20(29)18-12-14-27(21(18)30)16-10-8-15(23)9-11-16/h8-11,17-18H,2-7,12-14H2,1H3,(H,24,29). The Hall–Kier alpha value is -2.06. The van der Waals surface area contributed by atoms with E-state index in [1.807, 2.05) is 18.4 Å². The van der Waals surface area contributed by atoms with Crippen LogP contribution in [0.1, 0.15) is 50.4 Å². The van der Waals surface area contributed by atoms with Crippen LogP contribution in [0.5, 0.6) is 0 Å². The van der Waals surface area contributed by atoms with E-state index < -0.39 is 5.92 Å². The summed E-state index contributed by atoms with van der Waals surface area (Å²) in [6.45, 7) is 1.07. The van der Waals surface area contributed by atoms with Crippen molar-refractivity contribution >= 4 is 40.9 Å². The zero-order valence-electron chi connectivity index (χ0n) is 17.7. The third-order valence-electron chi connectivity index (χ3n) is 6.14. The maximum atomic E-state index is 12.7. The van der Waals surface area contributed by atoms with Crippen molar-refractivity contribution in [3.63, 3.8) is 0 Å². The van der Waals surface area contributed by atoms with E-state index in [9.17, 15) is 9.59 Å². The Kier molecular flexibility index (Phi) is 7.17. The van der Waals surface area contributed by atoms with E-state index in [0.29, 0.717) is 30.6 Å². The number of carbonyl (C=O) groups excluding carboxylic acids is 2. The molecule has 2 amide bonds. The first kappa shape index (κ1) is 22.1. The van der Waals surface area contributed by atoms with Crippen LogP contribution in [0.2, 0.25) is 5.02 Å². The average molecular weight is 462 g/mol. The first-order chi connectivity index (χ1) is 15.1.